The number of carbonyl (C=O) groups excluding carboxylic acids is 1. The van der Waals surface area contributed by atoms with Crippen molar-refractivity contribution in [2.45, 2.75) is 17.7 Å². The van der Waals surface area contributed by atoms with Crippen LogP contribution in [0.1, 0.15) is 12.8 Å². The number of rotatable bonds is 8. The molecule has 0 radical (unpaired) electrons. The highest BCUT2D eigenvalue weighted by Gasteiger charge is 2.10. The zero-order valence-electron chi connectivity index (χ0n) is 11.5. The van der Waals surface area contributed by atoms with E-state index >= 15 is 0 Å². The average Bonchev–Trinajstić information content (AvgIpc) is 2.44. The summed E-state index contributed by atoms with van der Waals surface area (Å²) in [6.07, 6.45) is 0.451. The second-order valence-corrected chi connectivity index (χ2v) is 5.40. The number of aliphatic carboxylic acids is 1. The highest BCUT2D eigenvalue weighted by Crippen LogP contribution is 2.21. The van der Waals surface area contributed by atoms with Crippen LogP contribution in [0.2, 0.25) is 0 Å². The van der Waals surface area contributed by atoms with Gasteiger partial charge in [0.05, 0.1) is 10.7 Å². The number of non-ortho nitro benzene ring substituents is 1. The molecule has 0 saturated heterocycles. The molecule has 0 spiro atoms. The fourth-order valence-electron chi connectivity index (χ4n) is 1.51. The molecule has 8 heteroatoms. The van der Waals surface area contributed by atoms with Gasteiger partial charge in [-0.15, -0.1) is 11.8 Å². The average molecular weight is 312 g/mol. The number of carboxylic acids is 1. The van der Waals surface area contributed by atoms with Gasteiger partial charge in [-0.2, -0.15) is 0 Å². The quantitative estimate of drug-likeness (QED) is 0.447. The number of hydrogen-bond donors (Lipinski definition) is 1. The first kappa shape index (κ1) is 17.0. The SMILES string of the molecule is CN(CCCC(=O)O)C(=O)CSc1ccc([N+](=O)[O-])cc1. The third-order valence-electron chi connectivity index (χ3n) is 2.72. The maximum atomic E-state index is 11.8. The van der Waals surface area contributed by atoms with E-state index in [0.717, 1.165) is 4.90 Å². The van der Waals surface area contributed by atoms with Crippen molar-refractivity contribution in [3.05, 3.63) is 34.4 Å². The van der Waals surface area contributed by atoms with Crippen LogP contribution in [0.3, 0.4) is 0 Å². The molecule has 0 saturated carbocycles. The minimum atomic E-state index is -0.879. The Bertz CT molecular complexity index is 518. The smallest absolute Gasteiger partial charge is 0.303 e. The van der Waals surface area contributed by atoms with Crippen LogP contribution >= 0.6 is 11.8 Å². The Balaban J connectivity index is 2.38. The highest BCUT2D eigenvalue weighted by molar-refractivity contribution is 8.00. The molecule has 1 amide bonds. The van der Waals surface area contributed by atoms with Gasteiger partial charge in [-0.25, -0.2) is 0 Å². The molecule has 1 aromatic carbocycles. The molecule has 0 bridgehead atoms. The zero-order valence-corrected chi connectivity index (χ0v) is 12.3. The van der Waals surface area contributed by atoms with Gasteiger partial charge in [0, 0.05) is 37.0 Å². The Labute approximate surface area is 126 Å². The van der Waals surface area contributed by atoms with Crippen LogP contribution in [0.5, 0.6) is 0 Å². The van der Waals surface area contributed by atoms with E-state index in [4.69, 9.17) is 5.11 Å². The van der Waals surface area contributed by atoms with Gasteiger partial charge in [-0.1, -0.05) is 0 Å². The van der Waals surface area contributed by atoms with Crippen LogP contribution < -0.4 is 0 Å². The molecule has 0 aromatic heterocycles. The lowest BCUT2D eigenvalue weighted by atomic mass is 10.3. The fraction of sp³-hybridized carbons (Fsp3) is 0.385. The minimum Gasteiger partial charge on any atom is -0.481 e. The number of carbonyl (C=O) groups is 2. The summed E-state index contributed by atoms with van der Waals surface area (Å²) < 4.78 is 0. The number of hydrogen-bond acceptors (Lipinski definition) is 5. The molecule has 0 aliphatic rings. The summed E-state index contributed by atoms with van der Waals surface area (Å²) in [5, 5.41) is 19.0. The monoisotopic (exact) mass is 312 g/mol. The molecular weight excluding hydrogens is 296 g/mol. The van der Waals surface area contributed by atoms with E-state index in [0.29, 0.717) is 13.0 Å². The standard InChI is InChI=1S/C13H16N2O5S/c1-14(8-2-3-13(17)18)12(16)9-21-11-6-4-10(5-7-11)15(19)20/h4-7H,2-3,8-9H2,1H3,(H,17,18). The van der Waals surface area contributed by atoms with E-state index in [9.17, 15) is 19.7 Å². The van der Waals surface area contributed by atoms with Gasteiger partial charge in [0.25, 0.3) is 5.69 Å². The predicted molar refractivity (Wildman–Crippen MR) is 78.3 cm³/mol. The molecule has 0 aliphatic heterocycles. The lowest BCUT2D eigenvalue weighted by Gasteiger charge is -2.16. The summed E-state index contributed by atoms with van der Waals surface area (Å²) in [5.74, 6) is -0.777. The van der Waals surface area contributed by atoms with Crippen LogP contribution in [0.25, 0.3) is 0 Å². The fourth-order valence-corrected chi connectivity index (χ4v) is 2.35. The van der Waals surface area contributed by atoms with Crippen molar-refractivity contribution in [2.24, 2.45) is 0 Å². The largest absolute Gasteiger partial charge is 0.481 e. The maximum Gasteiger partial charge on any atom is 0.303 e. The Hall–Kier alpha value is -2.09. The maximum absolute atomic E-state index is 11.8. The molecular formula is C13H16N2O5S. The number of amides is 1. The Morgan fingerprint density at radius 2 is 1.95 bits per heavy atom. The number of nitrogens with zero attached hydrogens (tertiary/aromatic N) is 2. The number of thioether (sulfide) groups is 1. The van der Waals surface area contributed by atoms with E-state index in [-0.39, 0.29) is 23.8 Å². The molecule has 1 aromatic rings. The third kappa shape index (κ3) is 6.26. The van der Waals surface area contributed by atoms with Crippen molar-refractivity contribution in [3.63, 3.8) is 0 Å². The number of benzene rings is 1. The van der Waals surface area contributed by atoms with E-state index < -0.39 is 10.9 Å². The normalized spacial score (nSPS) is 10.1. The molecule has 0 aliphatic carbocycles. The lowest BCUT2D eigenvalue weighted by Crippen LogP contribution is -2.29. The number of nitro benzene ring substituents is 1. The number of carboxylic acid groups (broad SMARTS) is 1. The molecule has 0 fully saturated rings. The molecule has 0 atom stereocenters. The second-order valence-electron chi connectivity index (χ2n) is 4.35. The van der Waals surface area contributed by atoms with Crippen molar-refractivity contribution in [1.29, 1.82) is 0 Å². The van der Waals surface area contributed by atoms with Gasteiger partial charge in [0.2, 0.25) is 5.91 Å². The van der Waals surface area contributed by atoms with Crippen LogP contribution in [0.4, 0.5) is 5.69 Å². The van der Waals surface area contributed by atoms with E-state index in [1.807, 2.05) is 0 Å². The van der Waals surface area contributed by atoms with Crippen LogP contribution in [-0.2, 0) is 9.59 Å². The van der Waals surface area contributed by atoms with Crippen molar-refractivity contribution in [1.82, 2.24) is 4.90 Å². The van der Waals surface area contributed by atoms with Gasteiger partial charge in [0.15, 0.2) is 0 Å². The van der Waals surface area contributed by atoms with Crippen molar-refractivity contribution in [2.75, 3.05) is 19.3 Å². The van der Waals surface area contributed by atoms with E-state index in [1.54, 1.807) is 19.2 Å². The summed E-state index contributed by atoms with van der Waals surface area (Å²) in [5.41, 5.74) is 0.0106. The minimum absolute atomic E-state index is 0.0106. The molecule has 114 valence electrons. The van der Waals surface area contributed by atoms with Gasteiger partial charge in [-0.05, 0) is 18.6 Å². The lowest BCUT2D eigenvalue weighted by molar-refractivity contribution is -0.384. The zero-order chi connectivity index (χ0) is 15.8. The summed E-state index contributed by atoms with van der Waals surface area (Å²) in [7, 11) is 1.63. The van der Waals surface area contributed by atoms with Gasteiger partial charge < -0.3 is 10.0 Å². The second kappa shape index (κ2) is 8.25. The molecule has 1 rings (SSSR count). The van der Waals surface area contributed by atoms with Crippen molar-refractivity contribution in [3.8, 4) is 0 Å². The van der Waals surface area contributed by atoms with E-state index in [1.165, 1.54) is 28.8 Å². The van der Waals surface area contributed by atoms with Crippen molar-refractivity contribution < 1.29 is 19.6 Å². The third-order valence-corrected chi connectivity index (χ3v) is 3.72. The summed E-state index contributed by atoms with van der Waals surface area (Å²) in [6.45, 7) is 0.395. The summed E-state index contributed by atoms with van der Waals surface area (Å²) in [6, 6.07) is 5.98. The Kier molecular flexibility index (Phi) is 6.67. The molecule has 0 unspecified atom stereocenters. The van der Waals surface area contributed by atoms with Crippen LogP contribution in [-0.4, -0.2) is 46.2 Å². The topological polar surface area (TPSA) is 101 Å². The highest BCUT2D eigenvalue weighted by atomic mass is 32.2. The molecule has 0 heterocycles. The molecule has 1 N–H and O–H groups in total. The van der Waals surface area contributed by atoms with Crippen molar-refractivity contribution >= 4 is 29.3 Å². The first-order chi connectivity index (χ1) is 9.90. The number of nitro groups is 1. The molecule has 21 heavy (non-hydrogen) atoms. The summed E-state index contributed by atoms with van der Waals surface area (Å²) >= 11 is 1.29. The van der Waals surface area contributed by atoms with Gasteiger partial charge in [0.1, 0.15) is 0 Å². The summed E-state index contributed by atoms with van der Waals surface area (Å²) in [4.78, 5) is 34.5. The van der Waals surface area contributed by atoms with E-state index in [2.05, 4.69) is 0 Å². The predicted octanol–water partition coefficient (Wildman–Crippen LogP) is 2.01. The van der Waals surface area contributed by atoms with Crippen LogP contribution in [0, 0.1) is 10.1 Å². The first-order valence-electron chi connectivity index (χ1n) is 6.23. The van der Waals surface area contributed by atoms with Gasteiger partial charge in [-0.3, -0.25) is 19.7 Å². The Morgan fingerprint density at radius 1 is 1.33 bits per heavy atom. The van der Waals surface area contributed by atoms with Crippen LogP contribution in [0.15, 0.2) is 29.2 Å². The van der Waals surface area contributed by atoms with Gasteiger partial charge >= 0.3 is 5.97 Å². The first-order valence-corrected chi connectivity index (χ1v) is 7.21. The molecule has 7 nitrogen and oxygen atoms in total. The Morgan fingerprint density at radius 3 is 2.48 bits per heavy atom.